The van der Waals surface area contributed by atoms with Gasteiger partial charge in [0.2, 0.25) is 0 Å². The molecule has 0 atom stereocenters. The molecule has 1 amide bonds. The van der Waals surface area contributed by atoms with Gasteiger partial charge in [0.25, 0.3) is 5.91 Å². The van der Waals surface area contributed by atoms with Crippen molar-refractivity contribution < 1.29 is 19.0 Å². The van der Waals surface area contributed by atoms with E-state index in [2.05, 4.69) is 5.32 Å². The third-order valence-electron chi connectivity index (χ3n) is 3.50. The Morgan fingerprint density at radius 2 is 1.85 bits per heavy atom. The van der Waals surface area contributed by atoms with Crippen molar-refractivity contribution >= 4 is 40.3 Å². The van der Waals surface area contributed by atoms with Gasteiger partial charge in [-0.05, 0) is 24.3 Å². The van der Waals surface area contributed by atoms with Crippen LogP contribution in [-0.2, 0) is 4.79 Å². The molecule has 2 aromatic carbocycles. The second kappa shape index (κ2) is 8.73. The lowest BCUT2D eigenvalue weighted by Crippen LogP contribution is -2.17. The summed E-state index contributed by atoms with van der Waals surface area (Å²) in [5.74, 6) is 1.96. The zero-order valence-corrected chi connectivity index (χ0v) is 15.7. The third kappa shape index (κ3) is 4.77. The van der Waals surface area contributed by atoms with E-state index in [1.807, 2.05) is 48.5 Å². The van der Waals surface area contributed by atoms with Crippen LogP contribution in [0.15, 0.2) is 53.4 Å². The fourth-order valence-electron chi connectivity index (χ4n) is 2.30. The molecule has 134 valence electrons. The number of hydrogen-bond donors (Lipinski definition) is 1. The van der Waals surface area contributed by atoms with Gasteiger partial charge in [0.05, 0.1) is 12.0 Å². The van der Waals surface area contributed by atoms with Crippen molar-refractivity contribution in [3.8, 4) is 17.2 Å². The maximum Gasteiger partial charge on any atom is 0.263 e. The molecular formula is C19H17NO4S2. The highest BCUT2D eigenvalue weighted by molar-refractivity contribution is 8.26. The molecule has 0 spiro atoms. The monoisotopic (exact) mass is 387 g/mol. The van der Waals surface area contributed by atoms with Crippen LogP contribution in [0.4, 0.5) is 0 Å². The number of carbonyl (C=O) groups is 1. The number of benzene rings is 2. The molecule has 0 bridgehead atoms. The van der Waals surface area contributed by atoms with Gasteiger partial charge in [0, 0.05) is 11.6 Å². The number of ether oxygens (including phenoxy) is 3. The van der Waals surface area contributed by atoms with Crippen LogP contribution in [0.5, 0.6) is 17.2 Å². The fourth-order valence-corrected chi connectivity index (χ4v) is 3.33. The summed E-state index contributed by atoms with van der Waals surface area (Å²) in [6, 6.07) is 14.9. The van der Waals surface area contributed by atoms with E-state index >= 15 is 0 Å². The Hall–Kier alpha value is -2.51. The van der Waals surface area contributed by atoms with Crippen LogP contribution < -0.4 is 19.5 Å². The highest BCUT2D eigenvalue weighted by Crippen LogP contribution is 2.29. The SMILES string of the molecule is COc1cccc(OCCOc2ccccc2/C=C2\SC(=S)NC2=O)c1. The molecule has 1 heterocycles. The molecule has 1 aliphatic heterocycles. The second-order valence-corrected chi connectivity index (χ2v) is 6.98. The number of thiocarbonyl (C=S) groups is 1. The van der Waals surface area contributed by atoms with Crippen LogP contribution in [0.1, 0.15) is 5.56 Å². The van der Waals surface area contributed by atoms with Crippen LogP contribution in [0.3, 0.4) is 0 Å². The molecule has 1 saturated heterocycles. The summed E-state index contributed by atoms with van der Waals surface area (Å²) < 4.78 is 17.1. The summed E-state index contributed by atoms with van der Waals surface area (Å²) in [5.41, 5.74) is 0.816. The van der Waals surface area contributed by atoms with Gasteiger partial charge in [-0.2, -0.15) is 0 Å². The highest BCUT2D eigenvalue weighted by atomic mass is 32.2. The van der Waals surface area contributed by atoms with Crippen molar-refractivity contribution in [3.05, 3.63) is 59.0 Å². The van der Waals surface area contributed by atoms with Gasteiger partial charge in [0.1, 0.15) is 34.8 Å². The largest absolute Gasteiger partial charge is 0.497 e. The van der Waals surface area contributed by atoms with E-state index in [0.717, 1.165) is 17.1 Å². The van der Waals surface area contributed by atoms with Gasteiger partial charge in [0.15, 0.2) is 0 Å². The van der Waals surface area contributed by atoms with Gasteiger partial charge in [-0.15, -0.1) is 0 Å². The maximum atomic E-state index is 11.8. The summed E-state index contributed by atoms with van der Waals surface area (Å²) in [6.07, 6.45) is 1.78. The standard InChI is InChI=1S/C19H17NO4S2/c1-22-14-6-4-7-15(12-14)23-9-10-24-16-8-3-2-5-13(16)11-17-18(21)20-19(25)26-17/h2-8,11-12H,9-10H2,1H3,(H,20,21,25)/b17-11-. The second-order valence-electron chi connectivity index (χ2n) is 5.27. The van der Waals surface area contributed by atoms with Crippen LogP contribution in [0.2, 0.25) is 0 Å². The van der Waals surface area contributed by atoms with Gasteiger partial charge in [-0.1, -0.05) is 48.2 Å². The fraction of sp³-hybridized carbons (Fsp3) is 0.158. The minimum atomic E-state index is -0.184. The first-order valence-corrected chi connectivity index (χ1v) is 9.12. The normalized spacial score (nSPS) is 15.0. The Balaban J connectivity index is 1.59. The van der Waals surface area contributed by atoms with Crippen LogP contribution in [0, 0.1) is 0 Å². The Morgan fingerprint density at radius 3 is 2.62 bits per heavy atom. The minimum absolute atomic E-state index is 0.184. The number of thioether (sulfide) groups is 1. The lowest BCUT2D eigenvalue weighted by atomic mass is 10.2. The maximum absolute atomic E-state index is 11.8. The van der Waals surface area contributed by atoms with E-state index in [-0.39, 0.29) is 5.91 Å². The van der Waals surface area contributed by atoms with E-state index in [4.69, 9.17) is 26.4 Å². The Kier molecular flexibility index (Phi) is 6.14. The smallest absolute Gasteiger partial charge is 0.263 e. The number of amides is 1. The molecule has 26 heavy (non-hydrogen) atoms. The van der Waals surface area contributed by atoms with Gasteiger partial charge in [-0.3, -0.25) is 4.79 Å². The molecule has 5 nitrogen and oxygen atoms in total. The lowest BCUT2D eigenvalue weighted by molar-refractivity contribution is -0.115. The van der Waals surface area contributed by atoms with Crippen molar-refractivity contribution in [2.24, 2.45) is 0 Å². The van der Waals surface area contributed by atoms with Crippen molar-refractivity contribution in [2.75, 3.05) is 20.3 Å². The Morgan fingerprint density at radius 1 is 1.08 bits per heavy atom. The lowest BCUT2D eigenvalue weighted by Gasteiger charge is -2.11. The Bertz CT molecular complexity index is 851. The number of para-hydroxylation sites is 1. The van der Waals surface area contributed by atoms with Crippen LogP contribution in [0.25, 0.3) is 6.08 Å². The molecule has 7 heteroatoms. The summed E-state index contributed by atoms with van der Waals surface area (Å²) in [7, 11) is 1.61. The number of nitrogens with one attached hydrogen (secondary N) is 1. The molecule has 1 aliphatic rings. The van der Waals surface area contributed by atoms with Crippen LogP contribution >= 0.6 is 24.0 Å². The predicted octanol–water partition coefficient (Wildman–Crippen LogP) is 3.64. The van der Waals surface area contributed by atoms with E-state index in [1.54, 1.807) is 13.2 Å². The summed E-state index contributed by atoms with van der Waals surface area (Å²) >= 11 is 6.25. The molecule has 3 rings (SSSR count). The number of carbonyl (C=O) groups excluding carboxylic acids is 1. The zero-order valence-electron chi connectivity index (χ0n) is 14.1. The third-order valence-corrected chi connectivity index (χ3v) is 4.66. The van der Waals surface area contributed by atoms with E-state index in [1.165, 1.54) is 11.8 Å². The molecule has 0 radical (unpaired) electrons. The quantitative estimate of drug-likeness (QED) is 0.445. The van der Waals surface area contributed by atoms with Gasteiger partial charge in [-0.25, -0.2) is 0 Å². The average Bonchev–Trinajstić information content (AvgIpc) is 2.97. The van der Waals surface area contributed by atoms with Gasteiger partial charge >= 0.3 is 0 Å². The van der Waals surface area contributed by atoms with Crippen LogP contribution in [-0.4, -0.2) is 30.6 Å². The van der Waals surface area contributed by atoms with Gasteiger partial charge < -0.3 is 19.5 Å². The van der Waals surface area contributed by atoms with E-state index in [9.17, 15) is 4.79 Å². The first-order chi connectivity index (χ1) is 12.7. The topological polar surface area (TPSA) is 56.8 Å². The summed E-state index contributed by atoms with van der Waals surface area (Å²) in [4.78, 5) is 12.4. The average molecular weight is 387 g/mol. The molecule has 1 N–H and O–H groups in total. The molecule has 0 aliphatic carbocycles. The molecular weight excluding hydrogens is 370 g/mol. The molecule has 0 aromatic heterocycles. The first-order valence-electron chi connectivity index (χ1n) is 7.89. The minimum Gasteiger partial charge on any atom is -0.497 e. The Labute approximate surface area is 161 Å². The first kappa shape index (κ1) is 18.3. The van der Waals surface area contributed by atoms with Crippen molar-refractivity contribution in [2.45, 2.75) is 0 Å². The van der Waals surface area contributed by atoms with E-state index in [0.29, 0.717) is 28.2 Å². The van der Waals surface area contributed by atoms with E-state index < -0.39 is 0 Å². The predicted molar refractivity (Wildman–Crippen MR) is 107 cm³/mol. The zero-order chi connectivity index (χ0) is 18.4. The molecule has 0 saturated carbocycles. The van der Waals surface area contributed by atoms with Crippen molar-refractivity contribution in [3.63, 3.8) is 0 Å². The number of rotatable bonds is 7. The molecule has 0 unspecified atom stereocenters. The number of hydrogen-bond acceptors (Lipinski definition) is 6. The molecule has 1 fully saturated rings. The van der Waals surface area contributed by atoms with Crippen molar-refractivity contribution in [1.82, 2.24) is 5.32 Å². The summed E-state index contributed by atoms with van der Waals surface area (Å²) in [5, 5.41) is 2.60. The highest BCUT2D eigenvalue weighted by Gasteiger charge is 2.22. The van der Waals surface area contributed by atoms with Crippen molar-refractivity contribution in [1.29, 1.82) is 0 Å². The molecule has 2 aromatic rings. The summed E-state index contributed by atoms with van der Waals surface area (Å²) in [6.45, 7) is 0.756. The number of methoxy groups -OCH3 is 1.